The van der Waals surface area contributed by atoms with Gasteiger partial charge in [0.2, 0.25) is 0 Å². The van der Waals surface area contributed by atoms with E-state index in [2.05, 4.69) is 15.6 Å². The molecule has 0 unspecified atom stereocenters. The third-order valence-corrected chi connectivity index (χ3v) is 6.03. The molecule has 0 aliphatic rings. The zero-order valence-electron chi connectivity index (χ0n) is 18.7. The summed E-state index contributed by atoms with van der Waals surface area (Å²) in [7, 11) is -2.34. The summed E-state index contributed by atoms with van der Waals surface area (Å²) in [5, 5.41) is 0. The maximum Gasteiger partial charge on any atom is 0.269 e. The zero-order chi connectivity index (χ0) is 24.6. The average Bonchev–Trinajstić information content (AvgIpc) is 2.86. The quantitative estimate of drug-likeness (QED) is 0.401. The third-order valence-electron chi connectivity index (χ3n) is 4.63. The number of nitrogens with one attached hydrogen (secondary N) is 3. The van der Waals surface area contributed by atoms with Gasteiger partial charge in [0.15, 0.2) is 11.5 Å². The van der Waals surface area contributed by atoms with Crippen LogP contribution in [0.3, 0.4) is 0 Å². The maximum atomic E-state index is 12.5. The predicted molar refractivity (Wildman–Crippen MR) is 127 cm³/mol. The summed E-state index contributed by atoms with van der Waals surface area (Å²) in [6.07, 6.45) is 0.827. The molecular formula is C24H25N3O6S. The Bertz CT molecular complexity index is 1250. The highest BCUT2D eigenvalue weighted by molar-refractivity contribution is 7.92. The molecule has 0 aromatic heterocycles. The number of para-hydroxylation sites is 1. The van der Waals surface area contributed by atoms with Crippen molar-refractivity contribution in [1.29, 1.82) is 0 Å². The Hall–Kier alpha value is -4.05. The summed E-state index contributed by atoms with van der Waals surface area (Å²) in [4.78, 5) is 24.8. The second-order valence-corrected chi connectivity index (χ2v) is 8.80. The van der Waals surface area contributed by atoms with Crippen molar-refractivity contribution in [1.82, 2.24) is 10.9 Å². The van der Waals surface area contributed by atoms with E-state index in [1.165, 1.54) is 37.4 Å². The number of anilines is 1. The number of ether oxygens (including phenoxy) is 2. The summed E-state index contributed by atoms with van der Waals surface area (Å²) in [5.41, 5.74) is 5.48. The minimum Gasteiger partial charge on any atom is -0.493 e. The first-order valence-corrected chi connectivity index (χ1v) is 11.9. The van der Waals surface area contributed by atoms with Crippen LogP contribution >= 0.6 is 0 Å². The van der Waals surface area contributed by atoms with E-state index in [1.54, 1.807) is 42.5 Å². The first-order chi connectivity index (χ1) is 16.3. The Kier molecular flexibility index (Phi) is 8.10. The van der Waals surface area contributed by atoms with Crippen LogP contribution in [0.2, 0.25) is 0 Å². The highest BCUT2D eigenvalue weighted by Gasteiger charge is 2.16. The molecule has 3 rings (SSSR count). The molecule has 0 radical (unpaired) electrons. The molecule has 3 aromatic rings. The van der Waals surface area contributed by atoms with Crippen molar-refractivity contribution in [2.24, 2.45) is 0 Å². The normalized spacial score (nSPS) is 10.8. The molecule has 2 amide bonds. The number of hydrogen-bond acceptors (Lipinski definition) is 6. The topological polar surface area (TPSA) is 123 Å². The van der Waals surface area contributed by atoms with Crippen molar-refractivity contribution in [3.05, 3.63) is 83.9 Å². The van der Waals surface area contributed by atoms with Crippen LogP contribution in [0, 0.1) is 0 Å². The Labute approximate surface area is 198 Å². The molecule has 178 valence electrons. The smallest absolute Gasteiger partial charge is 0.269 e. The molecular weight excluding hydrogens is 458 g/mol. The number of carbonyl (C=O) groups is 2. The highest BCUT2D eigenvalue weighted by atomic mass is 32.2. The van der Waals surface area contributed by atoms with Crippen LogP contribution in [-0.4, -0.2) is 33.9 Å². The number of rotatable bonds is 9. The van der Waals surface area contributed by atoms with Crippen LogP contribution in [0.1, 0.15) is 34.1 Å². The van der Waals surface area contributed by atoms with Gasteiger partial charge in [-0.05, 0) is 61.0 Å². The van der Waals surface area contributed by atoms with Crippen molar-refractivity contribution in [2.45, 2.75) is 18.2 Å². The number of benzene rings is 3. The predicted octanol–water partition coefficient (Wildman–Crippen LogP) is 3.36. The van der Waals surface area contributed by atoms with Crippen molar-refractivity contribution >= 4 is 27.5 Å². The van der Waals surface area contributed by atoms with Gasteiger partial charge in [-0.1, -0.05) is 25.1 Å². The van der Waals surface area contributed by atoms with Crippen LogP contribution in [0.5, 0.6) is 11.5 Å². The van der Waals surface area contributed by atoms with E-state index >= 15 is 0 Å². The van der Waals surface area contributed by atoms with Gasteiger partial charge in [-0.15, -0.1) is 0 Å². The largest absolute Gasteiger partial charge is 0.493 e. The number of amides is 2. The molecule has 0 bridgehead atoms. The standard InChI is InChI=1S/C24H25N3O6S/c1-3-15-33-21-14-11-18(16-22(21)32-2)24(29)26-25-23(28)17-9-12-20(13-10-17)34(30,31)27-19-7-5-4-6-8-19/h4-14,16,27H,3,15H2,1-2H3,(H,25,28)(H,26,29). The van der Waals surface area contributed by atoms with Crippen molar-refractivity contribution in [2.75, 3.05) is 18.4 Å². The zero-order valence-corrected chi connectivity index (χ0v) is 19.5. The summed E-state index contributed by atoms with van der Waals surface area (Å²) < 4.78 is 38.3. The molecule has 0 atom stereocenters. The summed E-state index contributed by atoms with van der Waals surface area (Å²) in [6.45, 7) is 2.49. The number of carbonyl (C=O) groups excluding carboxylic acids is 2. The van der Waals surface area contributed by atoms with E-state index < -0.39 is 21.8 Å². The molecule has 0 heterocycles. The number of hydrogen-bond donors (Lipinski definition) is 3. The molecule has 0 saturated heterocycles. The Morgan fingerprint density at radius 1 is 0.824 bits per heavy atom. The lowest BCUT2D eigenvalue weighted by molar-refractivity contribution is 0.0846. The van der Waals surface area contributed by atoms with Gasteiger partial charge in [-0.2, -0.15) is 0 Å². The van der Waals surface area contributed by atoms with E-state index in [0.717, 1.165) is 6.42 Å². The minimum atomic E-state index is -3.81. The first kappa shape index (κ1) is 24.6. The van der Waals surface area contributed by atoms with Crippen LogP contribution in [-0.2, 0) is 10.0 Å². The Balaban J connectivity index is 1.61. The molecule has 34 heavy (non-hydrogen) atoms. The molecule has 10 heteroatoms. The lowest BCUT2D eigenvalue weighted by Gasteiger charge is -2.12. The molecule has 0 aliphatic heterocycles. The van der Waals surface area contributed by atoms with Crippen LogP contribution < -0.4 is 25.0 Å². The van der Waals surface area contributed by atoms with Crippen molar-refractivity contribution in [3.8, 4) is 11.5 Å². The summed E-state index contributed by atoms with van der Waals surface area (Å²) in [5.74, 6) is -0.252. The van der Waals surface area contributed by atoms with Crippen LogP contribution in [0.15, 0.2) is 77.7 Å². The monoisotopic (exact) mass is 483 g/mol. The highest BCUT2D eigenvalue weighted by Crippen LogP contribution is 2.28. The van der Waals surface area contributed by atoms with Gasteiger partial charge >= 0.3 is 0 Å². The van der Waals surface area contributed by atoms with Gasteiger partial charge < -0.3 is 9.47 Å². The van der Waals surface area contributed by atoms with Gasteiger partial charge in [0.1, 0.15) is 0 Å². The van der Waals surface area contributed by atoms with E-state index in [4.69, 9.17) is 9.47 Å². The number of hydrazine groups is 1. The number of sulfonamides is 1. The lowest BCUT2D eigenvalue weighted by Crippen LogP contribution is -2.41. The minimum absolute atomic E-state index is 0.00517. The molecule has 0 saturated carbocycles. The molecule has 0 spiro atoms. The fraction of sp³-hybridized carbons (Fsp3) is 0.167. The van der Waals surface area contributed by atoms with E-state index in [-0.39, 0.29) is 16.0 Å². The second kappa shape index (κ2) is 11.2. The molecule has 0 aliphatic carbocycles. The van der Waals surface area contributed by atoms with Gasteiger partial charge in [0.25, 0.3) is 21.8 Å². The van der Waals surface area contributed by atoms with E-state index in [0.29, 0.717) is 23.8 Å². The Morgan fingerprint density at radius 2 is 1.44 bits per heavy atom. The first-order valence-electron chi connectivity index (χ1n) is 10.4. The second-order valence-electron chi connectivity index (χ2n) is 7.12. The summed E-state index contributed by atoms with van der Waals surface area (Å²) in [6, 6.07) is 18.4. The van der Waals surface area contributed by atoms with Gasteiger partial charge in [0.05, 0.1) is 18.6 Å². The van der Waals surface area contributed by atoms with Gasteiger partial charge in [0, 0.05) is 16.8 Å². The van der Waals surface area contributed by atoms with E-state index in [9.17, 15) is 18.0 Å². The maximum absolute atomic E-state index is 12.5. The van der Waals surface area contributed by atoms with Crippen molar-refractivity contribution < 1.29 is 27.5 Å². The lowest BCUT2D eigenvalue weighted by atomic mass is 10.2. The molecule has 3 aromatic carbocycles. The van der Waals surface area contributed by atoms with Gasteiger partial charge in [-0.3, -0.25) is 25.2 Å². The third kappa shape index (κ3) is 6.26. The van der Waals surface area contributed by atoms with Gasteiger partial charge in [-0.25, -0.2) is 8.42 Å². The fourth-order valence-corrected chi connectivity index (χ4v) is 3.96. The molecule has 0 fully saturated rings. The van der Waals surface area contributed by atoms with Crippen molar-refractivity contribution in [3.63, 3.8) is 0 Å². The summed E-state index contributed by atoms with van der Waals surface area (Å²) >= 11 is 0. The number of methoxy groups -OCH3 is 1. The average molecular weight is 484 g/mol. The van der Waals surface area contributed by atoms with E-state index in [1.807, 2.05) is 6.92 Å². The van der Waals surface area contributed by atoms with Crippen LogP contribution in [0.25, 0.3) is 0 Å². The molecule has 9 nitrogen and oxygen atoms in total. The van der Waals surface area contributed by atoms with Crippen LogP contribution in [0.4, 0.5) is 5.69 Å². The Morgan fingerprint density at radius 3 is 2.06 bits per heavy atom. The SMILES string of the molecule is CCCOc1ccc(C(=O)NNC(=O)c2ccc(S(=O)(=O)Nc3ccccc3)cc2)cc1OC. The fourth-order valence-electron chi connectivity index (χ4n) is 2.90. The molecule has 3 N–H and O–H groups in total.